The third kappa shape index (κ3) is 23.2. The molecule has 0 bridgehead atoms. The van der Waals surface area contributed by atoms with Gasteiger partial charge in [-0.05, 0) is 218 Å². The van der Waals surface area contributed by atoms with Crippen LogP contribution in [0.5, 0.6) is 0 Å². The maximum Gasteiger partial charge on any atom is 0.261 e. The van der Waals surface area contributed by atoms with Crippen molar-refractivity contribution in [3.8, 4) is 0 Å². The summed E-state index contributed by atoms with van der Waals surface area (Å²) in [6.45, 7) is 6.65. The summed E-state index contributed by atoms with van der Waals surface area (Å²) in [6, 6.07) is 83.0. The topological polar surface area (TPSA) is 310 Å². The Balaban J connectivity index is 0.000000145. The molecule has 118 heavy (non-hydrogen) atoms. The Kier molecular flexibility index (Phi) is 28.8. The molecule has 6 heterocycles. The van der Waals surface area contributed by atoms with Gasteiger partial charge in [0, 0.05) is 61.0 Å². The number of thiophene rings is 1. The number of hydrogen-bond acceptors (Lipinski definition) is 17. The predicted octanol–water partition coefficient (Wildman–Crippen LogP) is 18.5. The van der Waals surface area contributed by atoms with E-state index in [0.717, 1.165) is 124 Å². The molecule has 0 spiro atoms. The first-order chi connectivity index (χ1) is 56.9. The van der Waals surface area contributed by atoms with Crippen LogP contribution in [0.15, 0.2) is 309 Å². The van der Waals surface area contributed by atoms with Crippen LogP contribution in [0.25, 0.3) is 43.6 Å². The fourth-order valence-corrected chi connectivity index (χ4v) is 18.0. The number of benzene rings is 9. The Morgan fingerprint density at radius 2 is 0.653 bits per heavy atom. The van der Waals surface area contributed by atoms with Crippen LogP contribution in [0, 0.1) is 33.1 Å². The quantitative estimate of drug-likeness (QED) is 0.0220. The van der Waals surface area contributed by atoms with E-state index < -0.39 is 45.5 Å². The number of hydrogen-bond donors (Lipinski definition) is 7. The number of furan rings is 1. The van der Waals surface area contributed by atoms with Crippen molar-refractivity contribution in [1.82, 2.24) is 19.9 Å². The van der Waals surface area contributed by atoms with E-state index in [1.807, 2.05) is 137 Å². The number of fused-ring (bicyclic) bond motifs is 4. The number of aliphatic hydroxyl groups is 3. The Labute approximate surface area is 694 Å². The Hall–Kier alpha value is -11.5. The van der Waals surface area contributed by atoms with E-state index in [1.165, 1.54) is 10.4 Å². The summed E-state index contributed by atoms with van der Waals surface area (Å²) in [5.74, 6) is 0.956. The Morgan fingerprint density at radius 1 is 0.322 bits per heavy atom. The van der Waals surface area contributed by atoms with Gasteiger partial charge in [-0.1, -0.05) is 180 Å². The van der Waals surface area contributed by atoms with Crippen LogP contribution < -0.4 is 18.9 Å². The molecule has 0 unspecified atom stereocenters. The van der Waals surface area contributed by atoms with Crippen molar-refractivity contribution < 1.29 is 53.4 Å². The monoisotopic (exact) mass is 1670 g/mol. The predicted molar refractivity (Wildman–Crippen MR) is 472 cm³/mol. The van der Waals surface area contributed by atoms with Gasteiger partial charge in [0.15, 0.2) is 0 Å². The van der Waals surface area contributed by atoms with E-state index in [9.17, 15) is 49.0 Å². The highest BCUT2D eigenvalue weighted by molar-refractivity contribution is 7.93. The lowest BCUT2D eigenvalue weighted by Crippen LogP contribution is -2.34. The van der Waals surface area contributed by atoms with Crippen LogP contribution in [-0.4, -0.2) is 88.7 Å². The molecule has 0 aliphatic carbocycles. The third-order valence-electron chi connectivity index (χ3n) is 19.9. The van der Waals surface area contributed by atoms with Crippen LogP contribution in [0.3, 0.4) is 0 Å². The molecule has 15 aromatic rings. The van der Waals surface area contributed by atoms with E-state index in [4.69, 9.17) is 19.4 Å². The second kappa shape index (κ2) is 39.6. The van der Waals surface area contributed by atoms with Gasteiger partial charge in [0.05, 0.1) is 90.5 Å². The summed E-state index contributed by atoms with van der Waals surface area (Å²) < 4.78 is 119. The molecular formula is C93H94N8O12S5. The maximum absolute atomic E-state index is 12.8. The number of nitrogens with zero attached hydrogens (tertiary/aromatic N) is 4. The summed E-state index contributed by atoms with van der Waals surface area (Å²) in [5.41, 5.74) is 12.2. The average molecular weight is 1680 g/mol. The number of rotatable bonds is 30. The highest BCUT2D eigenvalue weighted by Gasteiger charge is 2.28. The molecule has 7 N–H and O–H groups in total. The van der Waals surface area contributed by atoms with Crippen LogP contribution in [-0.2, 0) is 85.0 Å². The number of nitrogens with one attached hydrogen (secondary N) is 4. The van der Waals surface area contributed by atoms with Crippen LogP contribution in [0.1, 0.15) is 86.9 Å². The maximum atomic E-state index is 12.8. The first kappa shape index (κ1) is 85.8. The van der Waals surface area contributed by atoms with Crippen LogP contribution >= 0.6 is 11.3 Å². The molecule has 0 fully saturated rings. The summed E-state index contributed by atoms with van der Waals surface area (Å²) in [6.07, 6.45) is 10.7. The number of aromatic nitrogens is 4. The number of para-hydroxylation sites is 4. The fraction of sp³-hybridized carbons (Fsp3) is 0.204. The fourth-order valence-electron chi connectivity index (χ4n) is 13.0. The molecule has 0 saturated heterocycles. The number of anilines is 4. The second-order valence-electron chi connectivity index (χ2n) is 29.1. The minimum atomic E-state index is -3.77. The zero-order chi connectivity index (χ0) is 83.3. The first-order valence-electron chi connectivity index (χ1n) is 38.7. The highest BCUT2D eigenvalue weighted by atomic mass is 32.2. The third-order valence-corrected chi connectivity index (χ3v) is 26.4. The van der Waals surface area contributed by atoms with E-state index in [0.29, 0.717) is 63.4 Å². The Bertz CT molecular complexity index is 6140. The zero-order valence-electron chi connectivity index (χ0n) is 65.9. The number of aliphatic hydroxyl groups excluding tert-OH is 3. The van der Waals surface area contributed by atoms with E-state index >= 15 is 0 Å². The molecule has 0 radical (unpaired) electrons. The lowest BCUT2D eigenvalue weighted by atomic mass is 9.85. The standard InChI is InChI=1S/C25H24N2O2S.C23H22N2O3S.C23H22N2O2S2.C22H26N2O5S/c1-19-13-17-23(18-14-19)30(28,29)27-24-12-6-10-21-15-16-22(26-25(21)24)11-5-9-20-7-3-2-4-8-20;2*1-17-10-14-21(15-11-17)29(26,27)25-22-9-2-5-18-12-13-19(24-23(18)22)6-3-7-20-8-4-16-28-20;1-16-5-9-19(10-6-16)30(28,29)24-20-4-2-3-17-7-8-18(23-21(17)20)11-12-22(13-25,14-26)15-27/h2-4,6-8,10,12-18,27H,5,9,11H2,1H3;2*2,4-5,8-16,25H,3,6-7H2,1H3;2-10,24-27H,11-15H2,1H3. The molecule has 25 heteroatoms. The normalized spacial score (nSPS) is 11.8. The van der Waals surface area contributed by atoms with E-state index in [2.05, 4.69) is 65.7 Å². The van der Waals surface area contributed by atoms with Gasteiger partial charge in [-0.2, -0.15) is 0 Å². The smallest absolute Gasteiger partial charge is 0.261 e. The van der Waals surface area contributed by atoms with Gasteiger partial charge in [-0.3, -0.25) is 38.8 Å². The van der Waals surface area contributed by atoms with Crippen molar-refractivity contribution in [2.45, 2.75) is 118 Å². The number of aryl methyl sites for hydroxylation is 11. The minimum absolute atomic E-state index is 0.167. The van der Waals surface area contributed by atoms with Crippen molar-refractivity contribution in [2.75, 3.05) is 38.7 Å². The first-order valence-corrected chi connectivity index (χ1v) is 45.5. The van der Waals surface area contributed by atoms with Gasteiger partial charge < -0.3 is 19.7 Å². The van der Waals surface area contributed by atoms with Gasteiger partial charge in [-0.25, -0.2) is 33.7 Å². The highest BCUT2D eigenvalue weighted by Crippen LogP contribution is 2.32. The van der Waals surface area contributed by atoms with Gasteiger partial charge in [0.2, 0.25) is 0 Å². The second-order valence-corrected chi connectivity index (χ2v) is 36.8. The van der Waals surface area contributed by atoms with Crippen molar-refractivity contribution >= 4 is 118 Å². The summed E-state index contributed by atoms with van der Waals surface area (Å²) in [7, 11) is -14.8. The lowest BCUT2D eigenvalue weighted by molar-refractivity contribution is -0.000415. The van der Waals surface area contributed by atoms with Crippen molar-refractivity contribution in [3.05, 3.63) is 346 Å². The largest absolute Gasteiger partial charge is 0.469 e. The van der Waals surface area contributed by atoms with Gasteiger partial charge >= 0.3 is 0 Å². The Morgan fingerprint density at radius 3 is 0.966 bits per heavy atom. The van der Waals surface area contributed by atoms with E-state index in [-0.39, 0.29) is 39.4 Å². The van der Waals surface area contributed by atoms with Crippen molar-refractivity contribution in [3.63, 3.8) is 0 Å². The summed E-state index contributed by atoms with van der Waals surface area (Å²) in [5, 5.41) is 34.1. The minimum Gasteiger partial charge on any atom is -0.469 e. The molecule has 15 rings (SSSR count). The van der Waals surface area contributed by atoms with E-state index in [1.54, 1.807) is 145 Å². The van der Waals surface area contributed by atoms with Crippen LogP contribution in [0.2, 0.25) is 0 Å². The molecule has 20 nitrogen and oxygen atoms in total. The van der Waals surface area contributed by atoms with Gasteiger partial charge in [-0.15, -0.1) is 11.3 Å². The molecule has 608 valence electrons. The lowest BCUT2D eigenvalue weighted by Gasteiger charge is -2.27. The molecule has 0 atom stereocenters. The molecular weight excluding hydrogens is 1580 g/mol. The molecule has 6 aromatic heterocycles. The number of sulfonamides is 4. The molecule has 0 aliphatic rings. The summed E-state index contributed by atoms with van der Waals surface area (Å²) in [4.78, 5) is 21.1. The van der Waals surface area contributed by atoms with Crippen molar-refractivity contribution in [1.29, 1.82) is 0 Å². The molecule has 9 aromatic carbocycles. The average Bonchev–Trinajstić information content (AvgIpc) is 1.31. The van der Waals surface area contributed by atoms with Gasteiger partial charge in [0.25, 0.3) is 40.1 Å². The molecule has 0 saturated carbocycles. The SMILES string of the molecule is Cc1ccc(S(=O)(=O)Nc2cccc3ccc(CCC(CO)(CO)CO)nc23)cc1.Cc1ccc(S(=O)(=O)Nc2cccc3ccc(CCCc4ccccc4)nc23)cc1.Cc1ccc(S(=O)(=O)Nc2cccc3ccc(CCCc4ccco4)nc23)cc1.Cc1ccc(S(=O)(=O)Nc2cccc3ccc(CCCc4cccs4)nc23)cc1. The molecule has 0 amide bonds. The van der Waals surface area contributed by atoms with Crippen molar-refractivity contribution in [2.24, 2.45) is 5.41 Å². The number of pyridine rings is 4. The zero-order valence-corrected chi connectivity index (χ0v) is 70.0. The van der Waals surface area contributed by atoms with Crippen LogP contribution in [0.4, 0.5) is 22.7 Å². The van der Waals surface area contributed by atoms with Gasteiger partial charge in [0.1, 0.15) is 5.76 Å². The summed E-state index contributed by atoms with van der Waals surface area (Å²) >= 11 is 1.77. The molecule has 0 aliphatic heterocycles.